The molecule has 2 rings (SSSR count). The number of carbonyl (C=O) groups is 2. The number of nitrogen functional groups attached to an aromatic ring is 1. The van der Waals surface area contributed by atoms with Gasteiger partial charge in [-0.25, -0.2) is 9.59 Å². The molecule has 0 spiro atoms. The second-order valence-corrected chi connectivity index (χ2v) is 7.59. The number of unbranched alkanes of at least 4 members (excludes halogenated alkanes) is 1. The van der Waals surface area contributed by atoms with E-state index in [1.807, 2.05) is 31.1 Å². The van der Waals surface area contributed by atoms with E-state index in [0.29, 0.717) is 17.2 Å². The number of hydrogen-bond donors (Lipinski definition) is 3. The molecule has 1 unspecified atom stereocenters. The number of carboxylic acids is 2. The van der Waals surface area contributed by atoms with Gasteiger partial charge < -0.3 is 20.8 Å². The fraction of sp³-hybridized carbons (Fsp3) is 0.417. The summed E-state index contributed by atoms with van der Waals surface area (Å²) >= 11 is 0. The van der Waals surface area contributed by atoms with Gasteiger partial charge in [0.1, 0.15) is 0 Å². The zero-order valence-electron chi connectivity index (χ0n) is 18.4. The first kappa shape index (κ1) is 25.0. The molecule has 4 N–H and O–H groups in total. The molecular weight excluding hydrogens is 380 g/mol. The van der Waals surface area contributed by atoms with Crippen LogP contribution in [-0.2, 0) is 6.42 Å². The van der Waals surface area contributed by atoms with Crippen LogP contribution in [0.3, 0.4) is 0 Å². The standard InChI is InChI=1S/C17H27NO2.C7H7NO2/c1-5-7-8-13(6-2)11-14-12-15(18(3)4)9-10-16(14)17(19)20;8-6-3-1-5(2-4-6)7(9)10/h9-10,12-13H,5-8,11H2,1-4H3,(H,19,20);1-4H,8H2,(H,9,10). The maximum Gasteiger partial charge on any atom is 0.335 e. The van der Waals surface area contributed by atoms with Gasteiger partial charge in [0.15, 0.2) is 0 Å². The molecule has 0 aliphatic carbocycles. The lowest BCUT2D eigenvalue weighted by atomic mass is 9.89. The lowest BCUT2D eigenvalue weighted by Crippen LogP contribution is -2.13. The Morgan fingerprint density at radius 3 is 2.10 bits per heavy atom. The van der Waals surface area contributed by atoms with Crippen LogP contribution in [-0.4, -0.2) is 36.2 Å². The molecule has 0 radical (unpaired) electrons. The van der Waals surface area contributed by atoms with Crippen molar-refractivity contribution in [1.82, 2.24) is 0 Å². The fourth-order valence-electron chi connectivity index (χ4n) is 3.12. The van der Waals surface area contributed by atoms with Crippen molar-refractivity contribution in [2.75, 3.05) is 24.7 Å². The zero-order chi connectivity index (χ0) is 22.7. The van der Waals surface area contributed by atoms with Crippen LogP contribution < -0.4 is 10.6 Å². The molecule has 0 saturated heterocycles. The quantitative estimate of drug-likeness (QED) is 0.489. The van der Waals surface area contributed by atoms with Crippen LogP contribution in [0.2, 0.25) is 0 Å². The highest BCUT2D eigenvalue weighted by Gasteiger charge is 2.15. The molecule has 1 atom stereocenters. The second-order valence-electron chi connectivity index (χ2n) is 7.59. The van der Waals surface area contributed by atoms with E-state index in [1.165, 1.54) is 31.4 Å². The van der Waals surface area contributed by atoms with Gasteiger partial charge in [-0.05, 0) is 60.4 Å². The van der Waals surface area contributed by atoms with E-state index in [9.17, 15) is 14.7 Å². The molecule has 6 nitrogen and oxygen atoms in total. The Morgan fingerprint density at radius 1 is 1.00 bits per heavy atom. The van der Waals surface area contributed by atoms with Gasteiger partial charge in [0.05, 0.1) is 11.1 Å². The van der Waals surface area contributed by atoms with Crippen molar-refractivity contribution in [3.05, 3.63) is 59.2 Å². The molecule has 6 heteroatoms. The van der Waals surface area contributed by atoms with Crippen molar-refractivity contribution in [2.45, 2.75) is 46.0 Å². The Hall–Kier alpha value is -3.02. The average Bonchev–Trinajstić information content (AvgIpc) is 2.71. The number of benzene rings is 2. The number of anilines is 2. The molecule has 30 heavy (non-hydrogen) atoms. The molecule has 2 aromatic rings. The SMILES string of the molecule is CCCCC(CC)Cc1cc(N(C)C)ccc1C(=O)O.Nc1ccc(C(=O)O)cc1. The van der Waals surface area contributed by atoms with Gasteiger partial charge in [-0.1, -0.05) is 39.5 Å². The highest BCUT2D eigenvalue weighted by molar-refractivity contribution is 5.90. The minimum Gasteiger partial charge on any atom is -0.478 e. The van der Waals surface area contributed by atoms with Crippen LogP contribution in [0.4, 0.5) is 11.4 Å². The maximum atomic E-state index is 11.4. The molecule has 0 aliphatic heterocycles. The number of nitrogens with zero attached hydrogens (tertiary/aromatic N) is 1. The molecule has 0 bridgehead atoms. The Morgan fingerprint density at radius 2 is 1.63 bits per heavy atom. The minimum atomic E-state index is -0.931. The molecule has 0 aromatic heterocycles. The Kier molecular flexibility index (Phi) is 10.4. The van der Waals surface area contributed by atoms with Crippen LogP contribution in [0.25, 0.3) is 0 Å². The number of hydrogen-bond acceptors (Lipinski definition) is 4. The minimum absolute atomic E-state index is 0.259. The number of aromatic carboxylic acids is 2. The first-order chi connectivity index (χ1) is 14.2. The molecule has 2 aromatic carbocycles. The summed E-state index contributed by atoms with van der Waals surface area (Å²) < 4.78 is 0. The summed E-state index contributed by atoms with van der Waals surface area (Å²) in [5.74, 6) is -1.18. The highest BCUT2D eigenvalue weighted by atomic mass is 16.4. The summed E-state index contributed by atoms with van der Waals surface area (Å²) in [6.07, 6.45) is 5.55. The summed E-state index contributed by atoms with van der Waals surface area (Å²) in [7, 11) is 3.96. The predicted molar refractivity (Wildman–Crippen MR) is 123 cm³/mol. The molecule has 0 fully saturated rings. The monoisotopic (exact) mass is 414 g/mol. The molecule has 0 saturated carbocycles. The van der Waals surface area contributed by atoms with Crippen molar-refractivity contribution >= 4 is 23.3 Å². The van der Waals surface area contributed by atoms with Crippen molar-refractivity contribution in [1.29, 1.82) is 0 Å². The van der Waals surface area contributed by atoms with Gasteiger partial charge >= 0.3 is 11.9 Å². The highest BCUT2D eigenvalue weighted by Crippen LogP contribution is 2.24. The lowest BCUT2D eigenvalue weighted by Gasteiger charge is -2.19. The number of carboxylic acid groups (broad SMARTS) is 2. The summed E-state index contributed by atoms with van der Waals surface area (Å²) in [5, 5.41) is 17.8. The van der Waals surface area contributed by atoms with E-state index in [0.717, 1.165) is 24.1 Å². The number of rotatable bonds is 9. The number of nitrogens with two attached hydrogens (primary N) is 1. The summed E-state index contributed by atoms with van der Waals surface area (Å²) in [4.78, 5) is 23.7. The van der Waals surface area contributed by atoms with E-state index in [1.54, 1.807) is 18.2 Å². The zero-order valence-corrected chi connectivity index (χ0v) is 18.4. The Labute approximate surface area is 179 Å². The molecule has 164 valence electrons. The van der Waals surface area contributed by atoms with Crippen LogP contribution in [0.1, 0.15) is 65.8 Å². The van der Waals surface area contributed by atoms with Crippen molar-refractivity contribution in [2.24, 2.45) is 5.92 Å². The third kappa shape index (κ3) is 8.15. The Balaban J connectivity index is 0.000000375. The van der Waals surface area contributed by atoms with E-state index in [2.05, 4.69) is 13.8 Å². The normalized spacial score (nSPS) is 11.2. The van der Waals surface area contributed by atoms with Gasteiger partial charge in [-0.2, -0.15) is 0 Å². The molecule has 0 amide bonds. The van der Waals surface area contributed by atoms with Gasteiger partial charge in [0.25, 0.3) is 0 Å². The summed E-state index contributed by atoms with van der Waals surface area (Å²) in [5.41, 5.74) is 8.65. The molecule has 0 aliphatic rings. The third-order valence-corrected chi connectivity index (χ3v) is 5.05. The lowest BCUT2D eigenvalue weighted by molar-refractivity contribution is 0.0685. The predicted octanol–water partition coefficient (Wildman–Crippen LogP) is 5.18. The van der Waals surface area contributed by atoms with Crippen molar-refractivity contribution in [3.63, 3.8) is 0 Å². The second kappa shape index (κ2) is 12.5. The van der Waals surface area contributed by atoms with E-state index in [4.69, 9.17) is 10.8 Å². The third-order valence-electron chi connectivity index (χ3n) is 5.05. The first-order valence-electron chi connectivity index (χ1n) is 10.3. The van der Waals surface area contributed by atoms with Crippen molar-refractivity contribution < 1.29 is 19.8 Å². The fourth-order valence-corrected chi connectivity index (χ4v) is 3.12. The Bertz CT molecular complexity index is 816. The van der Waals surface area contributed by atoms with Gasteiger partial charge in [0, 0.05) is 25.5 Å². The van der Waals surface area contributed by atoms with Gasteiger partial charge in [-0.15, -0.1) is 0 Å². The van der Waals surface area contributed by atoms with Crippen LogP contribution in [0, 0.1) is 5.92 Å². The van der Waals surface area contributed by atoms with Gasteiger partial charge in [-0.3, -0.25) is 0 Å². The molecule has 0 heterocycles. The van der Waals surface area contributed by atoms with Crippen molar-refractivity contribution in [3.8, 4) is 0 Å². The van der Waals surface area contributed by atoms with Crippen LogP contribution >= 0.6 is 0 Å². The average molecular weight is 415 g/mol. The summed E-state index contributed by atoms with van der Waals surface area (Å²) in [6, 6.07) is 11.7. The first-order valence-corrected chi connectivity index (χ1v) is 10.3. The van der Waals surface area contributed by atoms with E-state index in [-0.39, 0.29) is 5.56 Å². The maximum absolute atomic E-state index is 11.4. The van der Waals surface area contributed by atoms with E-state index >= 15 is 0 Å². The smallest absolute Gasteiger partial charge is 0.335 e. The topological polar surface area (TPSA) is 104 Å². The summed E-state index contributed by atoms with van der Waals surface area (Å²) in [6.45, 7) is 4.39. The van der Waals surface area contributed by atoms with Crippen LogP contribution in [0.5, 0.6) is 0 Å². The van der Waals surface area contributed by atoms with E-state index < -0.39 is 11.9 Å². The largest absolute Gasteiger partial charge is 0.478 e. The van der Waals surface area contributed by atoms with Gasteiger partial charge in [0.2, 0.25) is 0 Å². The molecular formula is C24H34N2O4. The van der Waals surface area contributed by atoms with Crippen LogP contribution in [0.15, 0.2) is 42.5 Å².